The Hall–Kier alpha value is -4.12. The number of H-pyrrole nitrogens is 1. The molecule has 0 fully saturated rings. The second kappa shape index (κ2) is 16.3. The molecule has 0 radical (unpaired) electrons. The number of allylic oxidation sites excluding steroid dienone is 2. The topological polar surface area (TPSA) is 141 Å². The molecule has 258 valence electrons. The van der Waals surface area contributed by atoms with Crippen LogP contribution in [0.2, 0.25) is 0 Å². The molecule has 3 aromatic rings. The number of nitrogens with one attached hydrogen (secondary N) is 3. The number of phenolic OH excluding ortho intramolecular Hbond substituents is 1. The first-order chi connectivity index (χ1) is 22.8. The molecule has 0 aliphatic carbocycles. The van der Waals surface area contributed by atoms with Gasteiger partial charge in [0.2, 0.25) is 17.7 Å². The summed E-state index contributed by atoms with van der Waals surface area (Å²) in [5.74, 6) is -1.86. The zero-order valence-electron chi connectivity index (χ0n) is 28.5. The first-order valence-corrected chi connectivity index (χ1v) is 17.3. The third kappa shape index (κ3) is 9.27. The highest BCUT2D eigenvalue weighted by Gasteiger charge is 2.35. The largest absolute Gasteiger partial charge is 0.508 e. The van der Waals surface area contributed by atoms with Crippen LogP contribution in [0.1, 0.15) is 77.5 Å². The van der Waals surface area contributed by atoms with E-state index in [9.17, 15) is 24.3 Å². The summed E-state index contributed by atoms with van der Waals surface area (Å²) in [5, 5.41) is 16.8. The zero-order chi connectivity index (χ0) is 35.1. The first kappa shape index (κ1) is 36.7. The predicted octanol–water partition coefficient (Wildman–Crippen LogP) is 6.09. The summed E-state index contributed by atoms with van der Waals surface area (Å²) >= 11 is 3.61. The third-order valence-electron chi connectivity index (χ3n) is 8.96. The van der Waals surface area contributed by atoms with Gasteiger partial charge in [-0.15, -0.1) is 0 Å². The fourth-order valence-electron chi connectivity index (χ4n) is 6.45. The van der Waals surface area contributed by atoms with Crippen molar-refractivity contribution >= 4 is 50.5 Å². The van der Waals surface area contributed by atoms with E-state index in [0.29, 0.717) is 29.4 Å². The lowest BCUT2D eigenvalue weighted by molar-refractivity contribution is -0.150. The number of para-hydroxylation sites is 1. The summed E-state index contributed by atoms with van der Waals surface area (Å²) in [7, 11) is 1.57. The molecule has 4 rings (SSSR count). The van der Waals surface area contributed by atoms with E-state index in [1.807, 2.05) is 58.9 Å². The van der Waals surface area contributed by atoms with Crippen molar-refractivity contribution in [2.75, 3.05) is 7.05 Å². The van der Waals surface area contributed by atoms with Gasteiger partial charge in [-0.1, -0.05) is 62.8 Å². The molecule has 0 spiro atoms. The van der Waals surface area contributed by atoms with Crippen LogP contribution in [0.3, 0.4) is 0 Å². The number of carbonyl (C=O) groups excluding carboxylic acids is 4. The van der Waals surface area contributed by atoms with Gasteiger partial charge in [0.25, 0.3) is 0 Å². The minimum atomic E-state index is -1.01. The highest BCUT2D eigenvalue weighted by Crippen LogP contribution is 2.30. The zero-order valence-corrected chi connectivity index (χ0v) is 30.1. The average Bonchev–Trinajstić information content (AvgIpc) is 3.35. The van der Waals surface area contributed by atoms with E-state index in [-0.39, 0.29) is 36.3 Å². The number of rotatable bonds is 4. The summed E-state index contributed by atoms with van der Waals surface area (Å²) in [6.07, 6.45) is 3.11. The minimum Gasteiger partial charge on any atom is -0.508 e. The molecule has 0 unspecified atom stereocenters. The van der Waals surface area contributed by atoms with Crippen LogP contribution in [-0.4, -0.2) is 63.9 Å². The molecule has 1 aliphatic rings. The van der Waals surface area contributed by atoms with Gasteiger partial charge in [0.05, 0.1) is 23.2 Å². The summed E-state index contributed by atoms with van der Waals surface area (Å²) in [5.41, 5.74) is 3.30. The Kier molecular flexibility index (Phi) is 12.5. The molecular weight excluding hydrogens is 676 g/mol. The Labute approximate surface area is 290 Å². The van der Waals surface area contributed by atoms with Crippen LogP contribution in [-0.2, 0) is 30.3 Å². The van der Waals surface area contributed by atoms with Gasteiger partial charge in [-0.3, -0.25) is 19.2 Å². The van der Waals surface area contributed by atoms with E-state index in [2.05, 4.69) is 37.6 Å². The number of likely N-dealkylation sites (N-methyl/N-ethyl adjacent to an activating group) is 1. The molecule has 1 aliphatic heterocycles. The number of esters is 1. The van der Waals surface area contributed by atoms with Gasteiger partial charge < -0.3 is 30.4 Å². The Morgan fingerprint density at radius 2 is 1.65 bits per heavy atom. The number of aromatic hydroxyl groups is 1. The summed E-state index contributed by atoms with van der Waals surface area (Å²) in [6, 6.07) is 11.3. The Balaban J connectivity index is 1.76. The maximum absolute atomic E-state index is 14.4. The second-order valence-electron chi connectivity index (χ2n) is 13.1. The van der Waals surface area contributed by atoms with Crippen LogP contribution in [0.25, 0.3) is 10.9 Å². The summed E-state index contributed by atoms with van der Waals surface area (Å²) in [6.45, 7) is 9.50. The molecule has 0 saturated heterocycles. The monoisotopic (exact) mass is 722 g/mol. The van der Waals surface area contributed by atoms with Crippen molar-refractivity contribution in [1.29, 1.82) is 0 Å². The fraction of sp³-hybridized carbons (Fsp3) is 0.459. The van der Waals surface area contributed by atoms with Gasteiger partial charge >= 0.3 is 5.97 Å². The van der Waals surface area contributed by atoms with E-state index in [1.54, 1.807) is 19.2 Å². The molecule has 1 aromatic heterocycles. The highest BCUT2D eigenvalue weighted by molar-refractivity contribution is 9.10. The number of halogens is 1. The van der Waals surface area contributed by atoms with Crippen LogP contribution in [0.5, 0.6) is 5.75 Å². The van der Waals surface area contributed by atoms with Gasteiger partial charge in [-0.25, -0.2) is 0 Å². The Morgan fingerprint density at radius 3 is 2.33 bits per heavy atom. The molecule has 3 amide bonds. The molecule has 2 aromatic carbocycles. The maximum atomic E-state index is 14.4. The third-order valence-corrected chi connectivity index (χ3v) is 9.64. The van der Waals surface area contributed by atoms with Crippen molar-refractivity contribution < 1.29 is 29.0 Å². The summed E-state index contributed by atoms with van der Waals surface area (Å²) in [4.78, 5) is 59.8. The maximum Gasteiger partial charge on any atom is 0.308 e. The van der Waals surface area contributed by atoms with Crippen molar-refractivity contribution in [3.63, 3.8) is 0 Å². The number of hydrogen-bond donors (Lipinski definition) is 4. The Morgan fingerprint density at radius 1 is 0.958 bits per heavy atom. The number of hydrogen-bond acceptors (Lipinski definition) is 6. The highest BCUT2D eigenvalue weighted by atomic mass is 79.9. The van der Waals surface area contributed by atoms with Crippen molar-refractivity contribution in [2.24, 2.45) is 11.8 Å². The van der Waals surface area contributed by atoms with Crippen LogP contribution < -0.4 is 10.6 Å². The molecule has 11 heteroatoms. The van der Waals surface area contributed by atoms with Crippen molar-refractivity contribution in [1.82, 2.24) is 20.5 Å². The lowest BCUT2D eigenvalue weighted by Gasteiger charge is -2.32. The molecule has 10 nitrogen and oxygen atoms in total. The number of benzene rings is 2. The molecule has 4 N–H and O–H groups in total. The van der Waals surface area contributed by atoms with Gasteiger partial charge in [0.1, 0.15) is 17.8 Å². The van der Waals surface area contributed by atoms with E-state index in [4.69, 9.17) is 4.74 Å². The number of aromatic amines is 1. The van der Waals surface area contributed by atoms with E-state index in [1.165, 1.54) is 17.0 Å². The first-order valence-electron chi connectivity index (χ1n) is 16.6. The summed E-state index contributed by atoms with van der Waals surface area (Å²) < 4.78 is 6.49. The van der Waals surface area contributed by atoms with Gasteiger partial charge in [-0.05, 0) is 84.3 Å². The van der Waals surface area contributed by atoms with E-state index >= 15 is 0 Å². The fourth-order valence-corrected chi connectivity index (χ4v) is 7.04. The molecule has 0 saturated carbocycles. The second-order valence-corrected chi connectivity index (χ2v) is 13.9. The SMILES string of the molecule is CC[C@H]1NC(=O)[C@@H](C)C/C(C)=C/[C@H](C)C[C@H](C)OC(=O)C[C@H](c2ccc(O)cc2)NC(=O)[C@@H](Cc2c(Br)[nH]c3ccccc23)N(C)C1=O. The van der Waals surface area contributed by atoms with Crippen molar-refractivity contribution in [3.05, 3.63) is 75.9 Å². The number of carbonyl (C=O) groups is 4. The number of ether oxygens (including phenoxy) is 1. The van der Waals surface area contributed by atoms with Crippen LogP contribution in [0.4, 0.5) is 0 Å². The van der Waals surface area contributed by atoms with Gasteiger partial charge in [0.15, 0.2) is 0 Å². The van der Waals surface area contributed by atoms with E-state index < -0.39 is 42.0 Å². The smallest absolute Gasteiger partial charge is 0.308 e. The number of aromatic nitrogens is 1. The lowest BCUT2D eigenvalue weighted by Crippen LogP contribution is -2.55. The number of phenols is 1. The minimum absolute atomic E-state index is 0.0454. The van der Waals surface area contributed by atoms with Gasteiger partial charge in [0, 0.05) is 30.3 Å². The standard InChI is InChI=1S/C37H47BrN4O6/c1-7-29-37(47)42(6)32(19-28-27-10-8-9-11-30(27)39-34(28)38)36(46)41-31(25-12-14-26(43)15-13-25)20-33(44)48-24(5)18-22(3)16-21(2)17-23(4)35(45)40-29/h8-16,22-24,29,31-32,39,43H,7,17-20H2,1-6H3,(H,40,45)(H,41,46)/b21-16+/t22-,23-,24-,29+,31+,32+/m0/s1. The van der Waals surface area contributed by atoms with Gasteiger partial charge in [-0.2, -0.15) is 0 Å². The number of cyclic esters (lactones) is 1. The number of nitrogens with zero attached hydrogens (tertiary/aromatic N) is 1. The molecule has 6 atom stereocenters. The normalized spacial score (nSPS) is 26.8. The van der Waals surface area contributed by atoms with Crippen LogP contribution in [0.15, 0.2) is 64.8 Å². The average molecular weight is 724 g/mol. The number of fused-ring (bicyclic) bond motifs is 1. The lowest BCUT2D eigenvalue weighted by atomic mass is 9.95. The Bertz CT molecular complexity index is 1650. The molecule has 48 heavy (non-hydrogen) atoms. The quantitative estimate of drug-likeness (QED) is 0.190. The van der Waals surface area contributed by atoms with Crippen LogP contribution in [0, 0.1) is 11.8 Å². The molecular formula is C37H47BrN4O6. The molecule has 2 heterocycles. The number of amides is 3. The van der Waals surface area contributed by atoms with Crippen LogP contribution >= 0.6 is 15.9 Å². The molecule has 0 bridgehead atoms. The van der Waals surface area contributed by atoms with E-state index in [0.717, 1.165) is 22.0 Å². The predicted molar refractivity (Wildman–Crippen MR) is 189 cm³/mol. The van der Waals surface area contributed by atoms with Crippen molar-refractivity contribution in [2.45, 2.75) is 91.0 Å². The van der Waals surface area contributed by atoms with Crippen molar-refractivity contribution in [3.8, 4) is 5.75 Å².